The van der Waals surface area contributed by atoms with Gasteiger partial charge in [0.2, 0.25) is 11.8 Å². The average molecular weight is 380 g/mol. The van der Waals surface area contributed by atoms with Gasteiger partial charge in [-0.3, -0.25) is 9.59 Å². The van der Waals surface area contributed by atoms with Gasteiger partial charge in [-0.25, -0.2) is 0 Å². The van der Waals surface area contributed by atoms with Crippen LogP contribution < -0.4 is 10.2 Å². The minimum absolute atomic E-state index is 0. The SMILES string of the molecule is CNC1CCCN(C(=O)C2CCN(c3ccc(C(C)C)cc3)C2=O)C1.Cl. The highest BCUT2D eigenvalue weighted by Crippen LogP contribution is 2.28. The number of hydrogen-bond donors (Lipinski definition) is 1. The molecule has 0 spiro atoms. The summed E-state index contributed by atoms with van der Waals surface area (Å²) < 4.78 is 0. The first-order valence-electron chi connectivity index (χ1n) is 9.38. The first kappa shape index (κ1) is 20.7. The van der Waals surface area contributed by atoms with Crippen LogP contribution in [0.5, 0.6) is 0 Å². The number of likely N-dealkylation sites (N-methyl/N-ethyl adjacent to an activating group) is 1. The number of rotatable bonds is 4. The molecule has 26 heavy (non-hydrogen) atoms. The molecule has 2 unspecified atom stereocenters. The van der Waals surface area contributed by atoms with Gasteiger partial charge in [0.25, 0.3) is 0 Å². The summed E-state index contributed by atoms with van der Waals surface area (Å²) in [6, 6.07) is 8.49. The number of hydrogen-bond acceptors (Lipinski definition) is 3. The summed E-state index contributed by atoms with van der Waals surface area (Å²) in [4.78, 5) is 29.3. The standard InChI is InChI=1S/C20H29N3O2.ClH/c1-14(2)15-6-8-17(9-7-15)23-12-10-18(20(23)25)19(24)22-11-4-5-16(13-22)21-3;/h6-9,14,16,18,21H,4-5,10-13H2,1-3H3;1H. The number of benzene rings is 1. The number of piperidine rings is 1. The second kappa shape index (κ2) is 8.87. The number of carbonyl (C=O) groups excluding carboxylic acids is 2. The third kappa shape index (κ3) is 4.21. The van der Waals surface area contributed by atoms with E-state index in [4.69, 9.17) is 0 Å². The number of halogens is 1. The highest BCUT2D eigenvalue weighted by atomic mass is 35.5. The second-order valence-corrected chi connectivity index (χ2v) is 7.49. The highest BCUT2D eigenvalue weighted by Gasteiger charge is 2.40. The van der Waals surface area contributed by atoms with Gasteiger partial charge in [0, 0.05) is 31.4 Å². The minimum Gasteiger partial charge on any atom is -0.340 e. The van der Waals surface area contributed by atoms with E-state index < -0.39 is 5.92 Å². The number of nitrogens with one attached hydrogen (secondary N) is 1. The average Bonchev–Trinajstić information content (AvgIpc) is 3.02. The zero-order valence-electron chi connectivity index (χ0n) is 15.9. The van der Waals surface area contributed by atoms with Gasteiger partial charge in [-0.15, -0.1) is 12.4 Å². The Balaban J connectivity index is 0.00000243. The van der Waals surface area contributed by atoms with Crippen LogP contribution in [-0.4, -0.2) is 49.4 Å². The van der Waals surface area contributed by atoms with Crippen LogP contribution in [0.15, 0.2) is 24.3 Å². The lowest BCUT2D eigenvalue weighted by Gasteiger charge is -2.33. The van der Waals surface area contributed by atoms with Crippen molar-refractivity contribution in [2.24, 2.45) is 5.92 Å². The molecule has 2 aliphatic heterocycles. The molecule has 0 radical (unpaired) electrons. The number of anilines is 1. The number of amides is 2. The zero-order chi connectivity index (χ0) is 18.0. The molecular formula is C20H30ClN3O2. The number of nitrogens with zero attached hydrogens (tertiary/aromatic N) is 2. The maximum atomic E-state index is 12.8. The molecule has 2 heterocycles. The summed E-state index contributed by atoms with van der Waals surface area (Å²) in [5, 5.41) is 3.25. The molecule has 2 atom stereocenters. The predicted octanol–water partition coefficient (Wildman–Crippen LogP) is 2.80. The van der Waals surface area contributed by atoms with Gasteiger partial charge in [0.1, 0.15) is 5.92 Å². The second-order valence-electron chi connectivity index (χ2n) is 7.49. The summed E-state index contributed by atoms with van der Waals surface area (Å²) in [6.07, 6.45) is 2.70. The maximum absolute atomic E-state index is 12.8. The summed E-state index contributed by atoms with van der Waals surface area (Å²) in [7, 11) is 1.93. The van der Waals surface area contributed by atoms with Gasteiger partial charge < -0.3 is 15.1 Å². The Kier molecular flexibility index (Phi) is 7.07. The van der Waals surface area contributed by atoms with Crippen LogP contribution in [0.3, 0.4) is 0 Å². The topological polar surface area (TPSA) is 52.7 Å². The molecule has 1 aromatic rings. The van der Waals surface area contributed by atoms with Crippen molar-refractivity contribution in [2.45, 2.75) is 45.1 Å². The van der Waals surface area contributed by atoms with Gasteiger partial charge in [0.05, 0.1) is 0 Å². The third-order valence-electron chi connectivity index (χ3n) is 5.52. The number of carbonyl (C=O) groups is 2. The van der Waals surface area contributed by atoms with Crippen molar-refractivity contribution in [1.29, 1.82) is 0 Å². The van der Waals surface area contributed by atoms with E-state index in [1.165, 1.54) is 5.56 Å². The first-order valence-corrected chi connectivity index (χ1v) is 9.38. The molecule has 0 aliphatic carbocycles. The fourth-order valence-corrected chi connectivity index (χ4v) is 3.84. The van der Waals surface area contributed by atoms with Crippen LogP contribution in [0.2, 0.25) is 0 Å². The van der Waals surface area contributed by atoms with Crippen molar-refractivity contribution in [3.8, 4) is 0 Å². The normalized spacial score (nSPS) is 23.3. The quantitative estimate of drug-likeness (QED) is 0.818. The van der Waals surface area contributed by atoms with Gasteiger partial charge in [0.15, 0.2) is 0 Å². The van der Waals surface area contributed by atoms with E-state index >= 15 is 0 Å². The fourth-order valence-electron chi connectivity index (χ4n) is 3.84. The van der Waals surface area contributed by atoms with Crippen molar-refractivity contribution >= 4 is 29.9 Å². The zero-order valence-corrected chi connectivity index (χ0v) is 16.7. The van der Waals surface area contributed by atoms with E-state index in [0.717, 1.165) is 25.1 Å². The van der Waals surface area contributed by atoms with Crippen LogP contribution in [0.25, 0.3) is 0 Å². The Morgan fingerprint density at radius 2 is 1.85 bits per heavy atom. The van der Waals surface area contributed by atoms with Crippen LogP contribution in [0, 0.1) is 5.92 Å². The molecular weight excluding hydrogens is 350 g/mol. The molecule has 6 heteroatoms. The van der Waals surface area contributed by atoms with Crippen LogP contribution in [0.1, 0.15) is 44.6 Å². The molecule has 2 saturated heterocycles. The van der Waals surface area contributed by atoms with Crippen molar-refractivity contribution in [1.82, 2.24) is 10.2 Å². The van der Waals surface area contributed by atoms with E-state index in [2.05, 4.69) is 31.3 Å². The Hall–Kier alpha value is -1.59. The molecule has 144 valence electrons. The van der Waals surface area contributed by atoms with Crippen molar-refractivity contribution < 1.29 is 9.59 Å². The van der Waals surface area contributed by atoms with E-state index in [9.17, 15) is 9.59 Å². The Labute approximate surface area is 162 Å². The summed E-state index contributed by atoms with van der Waals surface area (Å²) in [5.41, 5.74) is 2.16. The third-order valence-corrected chi connectivity index (χ3v) is 5.52. The fraction of sp³-hybridized carbons (Fsp3) is 0.600. The minimum atomic E-state index is -0.514. The monoisotopic (exact) mass is 379 g/mol. The lowest BCUT2D eigenvalue weighted by atomic mass is 10.0. The van der Waals surface area contributed by atoms with Gasteiger partial charge >= 0.3 is 0 Å². The summed E-state index contributed by atoms with van der Waals surface area (Å²) in [5.74, 6) is -0.0858. The Morgan fingerprint density at radius 3 is 2.46 bits per heavy atom. The predicted molar refractivity (Wildman–Crippen MR) is 107 cm³/mol. The van der Waals surface area contributed by atoms with E-state index in [0.29, 0.717) is 31.5 Å². The highest BCUT2D eigenvalue weighted by molar-refractivity contribution is 6.09. The van der Waals surface area contributed by atoms with Gasteiger partial charge in [-0.1, -0.05) is 26.0 Å². The summed E-state index contributed by atoms with van der Waals surface area (Å²) >= 11 is 0. The molecule has 1 N–H and O–H groups in total. The molecule has 0 aromatic heterocycles. The van der Waals surface area contributed by atoms with Crippen molar-refractivity contribution in [3.63, 3.8) is 0 Å². The van der Waals surface area contributed by atoms with Crippen LogP contribution in [0.4, 0.5) is 5.69 Å². The Morgan fingerprint density at radius 1 is 1.15 bits per heavy atom. The lowest BCUT2D eigenvalue weighted by molar-refractivity contribution is -0.140. The van der Waals surface area contributed by atoms with Gasteiger partial charge in [-0.2, -0.15) is 0 Å². The van der Waals surface area contributed by atoms with E-state index in [1.54, 1.807) is 4.90 Å². The van der Waals surface area contributed by atoms with Crippen molar-refractivity contribution in [2.75, 3.05) is 31.6 Å². The summed E-state index contributed by atoms with van der Waals surface area (Å²) in [6.45, 7) is 6.41. The number of likely N-dealkylation sites (tertiary alicyclic amines) is 1. The molecule has 2 aliphatic rings. The first-order chi connectivity index (χ1) is 12.0. The molecule has 0 saturated carbocycles. The smallest absolute Gasteiger partial charge is 0.239 e. The molecule has 2 amide bonds. The van der Waals surface area contributed by atoms with Gasteiger partial charge in [-0.05, 0) is 49.9 Å². The van der Waals surface area contributed by atoms with Crippen LogP contribution in [-0.2, 0) is 9.59 Å². The van der Waals surface area contributed by atoms with E-state index in [-0.39, 0.29) is 24.2 Å². The lowest BCUT2D eigenvalue weighted by Crippen LogP contribution is -2.49. The molecule has 2 fully saturated rings. The molecule has 0 bridgehead atoms. The van der Waals surface area contributed by atoms with Crippen molar-refractivity contribution in [3.05, 3.63) is 29.8 Å². The Bertz CT molecular complexity index is 632. The largest absolute Gasteiger partial charge is 0.340 e. The molecule has 1 aromatic carbocycles. The maximum Gasteiger partial charge on any atom is 0.239 e. The van der Waals surface area contributed by atoms with E-state index in [1.807, 2.05) is 24.1 Å². The van der Waals surface area contributed by atoms with Crippen LogP contribution >= 0.6 is 12.4 Å². The molecule has 3 rings (SSSR count). The molecule has 5 nitrogen and oxygen atoms in total.